The van der Waals surface area contributed by atoms with Crippen LogP contribution in [0.25, 0.3) is 6.08 Å². The zero-order chi connectivity index (χ0) is 11.3. The Kier molecular flexibility index (Phi) is 4.35. The normalized spacial score (nSPS) is 11.1. The summed E-state index contributed by atoms with van der Waals surface area (Å²) in [5, 5.41) is 0. The van der Waals surface area contributed by atoms with E-state index >= 15 is 0 Å². The monoisotopic (exact) mass is 207 g/mol. The first-order chi connectivity index (χ1) is 7.15. The van der Waals surface area contributed by atoms with E-state index in [1.165, 1.54) is 18.9 Å². The van der Waals surface area contributed by atoms with Gasteiger partial charge in [-0.3, -0.25) is 0 Å². The molecule has 15 heavy (non-hydrogen) atoms. The zero-order valence-corrected chi connectivity index (χ0v) is 9.39. The number of anilines is 1. The van der Waals surface area contributed by atoms with Crippen LogP contribution < -0.4 is 5.73 Å². The van der Waals surface area contributed by atoms with Gasteiger partial charge in [-0.25, -0.2) is 4.39 Å². The fraction of sp³-hybridized carbons (Fsp3) is 0.385. The summed E-state index contributed by atoms with van der Waals surface area (Å²) in [6.07, 6.45) is 7.42. The summed E-state index contributed by atoms with van der Waals surface area (Å²) < 4.78 is 13.3. The van der Waals surface area contributed by atoms with E-state index in [4.69, 9.17) is 5.73 Å². The highest BCUT2D eigenvalue weighted by Gasteiger charge is 2.02. The Balaban J connectivity index is 2.74. The molecule has 0 saturated heterocycles. The maximum Gasteiger partial charge on any atom is 0.146 e. The molecule has 0 radical (unpaired) electrons. The van der Waals surface area contributed by atoms with Crippen LogP contribution in [0.2, 0.25) is 0 Å². The van der Waals surface area contributed by atoms with Crippen molar-refractivity contribution in [1.29, 1.82) is 0 Å². The van der Waals surface area contributed by atoms with Crippen LogP contribution in [-0.2, 0) is 0 Å². The molecule has 0 spiro atoms. The van der Waals surface area contributed by atoms with Crippen LogP contribution in [0.15, 0.2) is 18.2 Å². The summed E-state index contributed by atoms with van der Waals surface area (Å²) in [6, 6.07) is 3.38. The van der Waals surface area contributed by atoms with Crippen molar-refractivity contribution in [3.63, 3.8) is 0 Å². The molecule has 2 heteroatoms. The number of rotatable bonds is 4. The first-order valence-electron chi connectivity index (χ1n) is 5.37. The Morgan fingerprint density at radius 1 is 1.40 bits per heavy atom. The van der Waals surface area contributed by atoms with Crippen LogP contribution in [0, 0.1) is 12.7 Å². The van der Waals surface area contributed by atoms with Crippen molar-refractivity contribution < 1.29 is 4.39 Å². The smallest absolute Gasteiger partial charge is 0.146 e. The molecule has 0 atom stereocenters. The van der Waals surface area contributed by atoms with E-state index in [9.17, 15) is 4.39 Å². The molecule has 0 aliphatic rings. The van der Waals surface area contributed by atoms with E-state index in [1.807, 2.05) is 19.1 Å². The Labute approximate surface area is 90.8 Å². The number of benzene rings is 1. The molecule has 0 aromatic heterocycles. The van der Waals surface area contributed by atoms with Crippen molar-refractivity contribution in [2.45, 2.75) is 33.1 Å². The molecule has 0 bridgehead atoms. The fourth-order valence-electron chi connectivity index (χ4n) is 1.42. The lowest BCUT2D eigenvalue weighted by Crippen LogP contribution is -1.94. The number of aryl methyl sites for hydroxylation is 1. The van der Waals surface area contributed by atoms with E-state index in [1.54, 1.807) is 0 Å². The largest absolute Gasteiger partial charge is 0.396 e. The second-order valence-electron chi connectivity index (χ2n) is 3.78. The summed E-state index contributed by atoms with van der Waals surface area (Å²) in [4.78, 5) is 0. The Bertz CT molecular complexity index is 333. The summed E-state index contributed by atoms with van der Waals surface area (Å²) in [7, 11) is 0. The van der Waals surface area contributed by atoms with Crippen LogP contribution in [0.5, 0.6) is 0 Å². The van der Waals surface area contributed by atoms with Crippen LogP contribution in [0.4, 0.5) is 10.1 Å². The van der Waals surface area contributed by atoms with Crippen molar-refractivity contribution in [2.75, 3.05) is 5.73 Å². The third-order valence-electron chi connectivity index (χ3n) is 2.39. The van der Waals surface area contributed by atoms with Crippen molar-refractivity contribution in [1.82, 2.24) is 0 Å². The highest BCUT2D eigenvalue weighted by molar-refractivity contribution is 5.58. The van der Waals surface area contributed by atoms with Crippen molar-refractivity contribution >= 4 is 11.8 Å². The van der Waals surface area contributed by atoms with Crippen LogP contribution >= 0.6 is 0 Å². The minimum Gasteiger partial charge on any atom is -0.396 e. The van der Waals surface area contributed by atoms with Crippen LogP contribution in [0.3, 0.4) is 0 Å². The predicted octanol–water partition coefficient (Wildman–Crippen LogP) is 3.92. The topological polar surface area (TPSA) is 26.0 Å². The summed E-state index contributed by atoms with van der Waals surface area (Å²) in [5.41, 5.74) is 7.46. The quantitative estimate of drug-likeness (QED) is 0.587. The standard InChI is InChI=1S/C13H18FN/c1-3-4-5-6-7-11-8-10(2)13(15)12(14)9-11/h6-9H,3-5,15H2,1-2H3/b7-6+. The predicted molar refractivity (Wildman–Crippen MR) is 64.1 cm³/mol. The van der Waals surface area contributed by atoms with Gasteiger partial charge in [0.1, 0.15) is 5.82 Å². The molecule has 1 aromatic rings. The van der Waals surface area contributed by atoms with Crippen molar-refractivity contribution in [3.05, 3.63) is 35.2 Å². The van der Waals surface area contributed by atoms with Gasteiger partial charge in [0.15, 0.2) is 0 Å². The van der Waals surface area contributed by atoms with Gasteiger partial charge in [0.2, 0.25) is 0 Å². The molecule has 82 valence electrons. The van der Waals surface area contributed by atoms with E-state index < -0.39 is 0 Å². The maximum atomic E-state index is 13.3. The Hall–Kier alpha value is -1.31. The lowest BCUT2D eigenvalue weighted by Gasteiger charge is -2.03. The first kappa shape index (κ1) is 11.8. The molecule has 0 amide bonds. The first-order valence-corrected chi connectivity index (χ1v) is 5.37. The highest BCUT2D eigenvalue weighted by Crippen LogP contribution is 2.18. The van der Waals surface area contributed by atoms with Crippen LogP contribution in [-0.4, -0.2) is 0 Å². The number of nitrogens with two attached hydrogens (primary N) is 1. The number of hydrogen-bond acceptors (Lipinski definition) is 1. The van der Waals surface area contributed by atoms with E-state index in [0.29, 0.717) is 0 Å². The van der Waals surface area contributed by atoms with Gasteiger partial charge in [0, 0.05) is 0 Å². The highest BCUT2D eigenvalue weighted by atomic mass is 19.1. The second-order valence-corrected chi connectivity index (χ2v) is 3.78. The lowest BCUT2D eigenvalue weighted by atomic mass is 10.1. The molecule has 0 fully saturated rings. The molecular weight excluding hydrogens is 189 g/mol. The molecule has 1 nitrogen and oxygen atoms in total. The average Bonchev–Trinajstić information content (AvgIpc) is 2.21. The van der Waals surface area contributed by atoms with E-state index in [-0.39, 0.29) is 11.5 Å². The molecule has 0 saturated carbocycles. The molecule has 0 aliphatic heterocycles. The van der Waals surface area contributed by atoms with Gasteiger partial charge >= 0.3 is 0 Å². The third kappa shape index (κ3) is 3.39. The molecule has 2 N–H and O–H groups in total. The molecule has 0 heterocycles. The van der Waals surface area contributed by atoms with Gasteiger partial charge < -0.3 is 5.73 Å². The van der Waals surface area contributed by atoms with Gasteiger partial charge in [-0.2, -0.15) is 0 Å². The van der Waals surface area contributed by atoms with Gasteiger partial charge in [-0.15, -0.1) is 0 Å². The third-order valence-corrected chi connectivity index (χ3v) is 2.39. The van der Waals surface area contributed by atoms with Gasteiger partial charge in [0.25, 0.3) is 0 Å². The SMILES string of the molecule is CCCC/C=C/c1cc(C)c(N)c(F)c1. The van der Waals surface area contributed by atoms with Gasteiger partial charge in [-0.05, 0) is 36.6 Å². The van der Waals surface area contributed by atoms with Gasteiger partial charge in [0.05, 0.1) is 5.69 Å². The molecular formula is C13H18FN. The maximum absolute atomic E-state index is 13.3. The number of unbranched alkanes of at least 4 members (excludes halogenated alkanes) is 2. The van der Waals surface area contributed by atoms with Crippen molar-refractivity contribution in [3.8, 4) is 0 Å². The summed E-state index contributed by atoms with van der Waals surface area (Å²) in [5.74, 6) is -0.329. The molecule has 1 rings (SSSR count). The average molecular weight is 207 g/mol. The number of hydrogen-bond donors (Lipinski definition) is 1. The second kappa shape index (κ2) is 5.54. The summed E-state index contributed by atoms with van der Waals surface area (Å²) in [6.45, 7) is 3.97. The molecule has 0 aliphatic carbocycles. The molecule has 0 unspecified atom stereocenters. The lowest BCUT2D eigenvalue weighted by molar-refractivity contribution is 0.631. The van der Waals surface area contributed by atoms with Crippen molar-refractivity contribution in [2.24, 2.45) is 0 Å². The Morgan fingerprint density at radius 3 is 2.73 bits per heavy atom. The minimum absolute atomic E-state index is 0.251. The summed E-state index contributed by atoms with van der Waals surface area (Å²) >= 11 is 0. The van der Waals surface area contributed by atoms with Gasteiger partial charge in [-0.1, -0.05) is 31.9 Å². The zero-order valence-electron chi connectivity index (χ0n) is 9.39. The number of allylic oxidation sites excluding steroid dienone is 1. The number of halogens is 1. The van der Waals surface area contributed by atoms with E-state index in [0.717, 1.165) is 17.5 Å². The fourth-order valence-corrected chi connectivity index (χ4v) is 1.42. The van der Waals surface area contributed by atoms with Crippen LogP contribution in [0.1, 0.15) is 37.3 Å². The van der Waals surface area contributed by atoms with E-state index in [2.05, 4.69) is 13.0 Å². The minimum atomic E-state index is -0.329. The number of nitrogen functional groups attached to an aromatic ring is 1. The molecule has 1 aromatic carbocycles. The Morgan fingerprint density at radius 2 is 2.13 bits per heavy atom.